The molecule has 3 heterocycles. The SMILES string of the molecule is CO[n+]1cccc(CNc2cc(NC(C)(C)CO)nc3c(Br)cnn23)c1. The Hall–Kier alpha value is -2.39. The molecule has 3 aromatic rings. The Morgan fingerprint density at radius 2 is 2.23 bits per heavy atom. The molecule has 3 aromatic heterocycles. The molecule has 0 fully saturated rings. The molecule has 0 saturated heterocycles. The Bertz CT molecular complexity index is 911. The molecule has 0 aliphatic rings. The van der Waals surface area contributed by atoms with Crippen LogP contribution in [0.2, 0.25) is 0 Å². The van der Waals surface area contributed by atoms with Gasteiger partial charge in [0.05, 0.1) is 22.8 Å². The lowest BCUT2D eigenvalue weighted by molar-refractivity contribution is -0.885. The van der Waals surface area contributed by atoms with Gasteiger partial charge in [0.2, 0.25) is 12.4 Å². The highest BCUT2D eigenvalue weighted by Crippen LogP contribution is 2.24. The number of pyridine rings is 1. The second-order valence-corrected chi connectivity index (χ2v) is 7.38. The highest BCUT2D eigenvalue weighted by molar-refractivity contribution is 9.10. The number of aromatic nitrogens is 4. The number of anilines is 2. The first-order valence-corrected chi connectivity index (χ1v) is 8.93. The van der Waals surface area contributed by atoms with Crippen LogP contribution in [0.5, 0.6) is 0 Å². The van der Waals surface area contributed by atoms with E-state index in [1.807, 2.05) is 44.4 Å². The van der Waals surface area contributed by atoms with Crippen molar-refractivity contribution < 1.29 is 14.7 Å². The van der Waals surface area contributed by atoms with E-state index in [1.165, 1.54) is 0 Å². The molecule has 3 N–H and O–H groups in total. The van der Waals surface area contributed by atoms with Crippen molar-refractivity contribution in [2.75, 3.05) is 24.4 Å². The van der Waals surface area contributed by atoms with E-state index in [4.69, 9.17) is 4.84 Å². The number of hydrogen-bond donors (Lipinski definition) is 3. The van der Waals surface area contributed by atoms with Crippen LogP contribution in [0, 0.1) is 0 Å². The molecular formula is C17H22BrN6O2+. The fourth-order valence-electron chi connectivity index (χ4n) is 2.42. The molecule has 0 saturated carbocycles. The Labute approximate surface area is 159 Å². The summed E-state index contributed by atoms with van der Waals surface area (Å²) in [6.45, 7) is 4.39. The summed E-state index contributed by atoms with van der Waals surface area (Å²) in [6.07, 6.45) is 5.44. The standard InChI is InChI=1S/C17H22BrN6O2/c1-17(2,11-25)22-14-7-15(24-16(21-14)13(18)9-20-24)19-8-12-5-4-6-23(10-12)26-3/h4-7,9-10,19,25H,8,11H2,1-3H3,(H,21,22)/q+1. The minimum Gasteiger partial charge on any atom is -0.394 e. The van der Waals surface area contributed by atoms with Crippen molar-refractivity contribution in [3.05, 3.63) is 46.8 Å². The van der Waals surface area contributed by atoms with Gasteiger partial charge in [-0.25, -0.2) is 4.98 Å². The fraction of sp³-hybridized carbons (Fsp3) is 0.353. The summed E-state index contributed by atoms with van der Waals surface area (Å²) in [6, 6.07) is 5.80. The monoisotopic (exact) mass is 421 g/mol. The minimum absolute atomic E-state index is 0.00983. The average Bonchev–Trinajstić information content (AvgIpc) is 3.01. The maximum atomic E-state index is 9.51. The second kappa shape index (κ2) is 7.46. The number of halogens is 1. The third-order valence-electron chi connectivity index (χ3n) is 3.81. The molecule has 26 heavy (non-hydrogen) atoms. The van der Waals surface area contributed by atoms with E-state index in [1.54, 1.807) is 22.6 Å². The smallest absolute Gasteiger partial charge is 0.227 e. The number of aliphatic hydroxyl groups is 1. The van der Waals surface area contributed by atoms with Gasteiger partial charge in [0.15, 0.2) is 5.65 Å². The summed E-state index contributed by atoms with van der Waals surface area (Å²) in [7, 11) is 1.62. The van der Waals surface area contributed by atoms with Crippen LogP contribution in [0.3, 0.4) is 0 Å². The molecule has 0 aromatic carbocycles. The van der Waals surface area contributed by atoms with Gasteiger partial charge in [0.1, 0.15) is 18.7 Å². The van der Waals surface area contributed by atoms with Gasteiger partial charge in [-0.3, -0.25) is 4.84 Å². The molecule has 0 unspecified atom stereocenters. The predicted molar refractivity (Wildman–Crippen MR) is 102 cm³/mol. The molecule has 0 atom stereocenters. The van der Waals surface area contributed by atoms with Crippen LogP contribution in [-0.4, -0.2) is 39.0 Å². The third kappa shape index (κ3) is 4.05. The van der Waals surface area contributed by atoms with Gasteiger partial charge >= 0.3 is 0 Å². The van der Waals surface area contributed by atoms with Crippen molar-refractivity contribution in [1.82, 2.24) is 14.6 Å². The Kier molecular flexibility index (Phi) is 5.28. The number of nitrogens with one attached hydrogen (secondary N) is 2. The van der Waals surface area contributed by atoms with Gasteiger partial charge in [-0.2, -0.15) is 9.61 Å². The van der Waals surface area contributed by atoms with Crippen molar-refractivity contribution in [2.45, 2.75) is 25.9 Å². The first-order chi connectivity index (χ1) is 12.4. The highest BCUT2D eigenvalue weighted by Gasteiger charge is 2.18. The number of aliphatic hydroxyl groups excluding tert-OH is 1. The summed E-state index contributed by atoms with van der Waals surface area (Å²) < 4.78 is 4.16. The largest absolute Gasteiger partial charge is 0.394 e. The zero-order valence-electron chi connectivity index (χ0n) is 14.9. The maximum Gasteiger partial charge on any atom is 0.227 e. The van der Waals surface area contributed by atoms with Crippen LogP contribution in [0.1, 0.15) is 19.4 Å². The number of rotatable bonds is 7. The van der Waals surface area contributed by atoms with E-state index in [-0.39, 0.29) is 6.61 Å². The van der Waals surface area contributed by atoms with Gasteiger partial charge < -0.3 is 15.7 Å². The number of hydrogen-bond acceptors (Lipinski definition) is 6. The summed E-state index contributed by atoms with van der Waals surface area (Å²) in [4.78, 5) is 9.77. The predicted octanol–water partition coefficient (Wildman–Crippen LogP) is 1.63. The highest BCUT2D eigenvalue weighted by atomic mass is 79.9. The molecular weight excluding hydrogens is 400 g/mol. The van der Waals surface area contributed by atoms with E-state index in [0.29, 0.717) is 18.0 Å². The van der Waals surface area contributed by atoms with Crippen LogP contribution in [-0.2, 0) is 6.54 Å². The van der Waals surface area contributed by atoms with Crippen molar-refractivity contribution in [3.63, 3.8) is 0 Å². The van der Waals surface area contributed by atoms with Gasteiger partial charge in [-0.1, -0.05) is 0 Å². The molecule has 138 valence electrons. The molecule has 0 amide bonds. The lowest BCUT2D eigenvalue weighted by Gasteiger charge is -2.24. The van der Waals surface area contributed by atoms with Crippen molar-refractivity contribution in [1.29, 1.82) is 0 Å². The summed E-state index contributed by atoms with van der Waals surface area (Å²) in [5, 5.41) is 20.5. The number of fused-ring (bicyclic) bond motifs is 1. The lowest BCUT2D eigenvalue weighted by Crippen LogP contribution is -2.40. The Balaban J connectivity index is 1.90. The Morgan fingerprint density at radius 1 is 1.42 bits per heavy atom. The third-order valence-corrected chi connectivity index (χ3v) is 4.37. The normalized spacial score (nSPS) is 11.6. The molecule has 9 heteroatoms. The van der Waals surface area contributed by atoms with E-state index >= 15 is 0 Å². The van der Waals surface area contributed by atoms with E-state index < -0.39 is 5.54 Å². The van der Waals surface area contributed by atoms with E-state index in [0.717, 1.165) is 15.9 Å². The van der Waals surface area contributed by atoms with Gasteiger partial charge in [0.25, 0.3) is 0 Å². The van der Waals surface area contributed by atoms with Crippen molar-refractivity contribution >= 4 is 33.2 Å². The summed E-state index contributed by atoms with van der Waals surface area (Å²) in [5.74, 6) is 1.44. The summed E-state index contributed by atoms with van der Waals surface area (Å²) in [5.41, 5.74) is 1.25. The number of nitrogens with zero attached hydrogens (tertiary/aromatic N) is 4. The van der Waals surface area contributed by atoms with Crippen LogP contribution < -0.4 is 20.2 Å². The van der Waals surface area contributed by atoms with Gasteiger partial charge in [-0.15, -0.1) is 0 Å². The molecule has 0 spiro atoms. The van der Waals surface area contributed by atoms with Crippen molar-refractivity contribution in [3.8, 4) is 0 Å². The Morgan fingerprint density at radius 3 is 2.96 bits per heavy atom. The first kappa shape index (κ1) is 18.4. The molecule has 3 rings (SSSR count). The first-order valence-electron chi connectivity index (χ1n) is 8.14. The van der Waals surface area contributed by atoms with Crippen molar-refractivity contribution in [2.24, 2.45) is 0 Å². The molecule has 8 nitrogen and oxygen atoms in total. The quantitative estimate of drug-likeness (QED) is 0.502. The maximum absolute atomic E-state index is 9.51. The van der Waals surface area contributed by atoms with Gasteiger partial charge in [0, 0.05) is 29.0 Å². The molecule has 0 aliphatic heterocycles. The van der Waals surface area contributed by atoms with Gasteiger partial charge in [-0.05, 0) is 35.8 Å². The lowest BCUT2D eigenvalue weighted by atomic mass is 10.1. The zero-order valence-corrected chi connectivity index (χ0v) is 16.5. The zero-order chi connectivity index (χ0) is 18.7. The summed E-state index contributed by atoms with van der Waals surface area (Å²) >= 11 is 3.48. The van der Waals surface area contributed by atoms with Crippen LogP contribution in [0.25, 0.3) is 5.65 Å². The molecule has 0 aliphatic carbocycles. The topological polar surface area (TPSA) is 87.6 Å². The second-order valence-electron chi connectivity index (χ2n) is 6.53. The van der Waals surface area contributed by atoms with E-state index in [9.17, 15) is 5.11 Å². The molecule has 0 bridgehead atoms. The molecule has 0 radical (unpaired) electrons. The van der Waals surface area contributed by atoms with Crippen LogP contribution >= 0.6 is 15.9 Å². The average molecular weight is 422 g/mol. The van der Waals surface area contributed by atoms with Crippen LogP contribution in [0.4, 0.5) is 11.6 Å². The van der Waals surface area contributed by atoms with Crippen LogP contribution in [0.15, 0.2) is 41.3 Å². The van der Waals surface area contributed by atoms with E-state index in [2.05, 4.69) is 36.6 Å². The minimum atomic E-state index is -0.488. The fourth-order valence-corrected chi connectivity index (χ4v) is 2.77.